The number of ether oxygens (including phenoxy) is 2. The van der Waals surface area contributed by atoms with E-state index in [4.69, 9.17) is 27.4 Å². The molecule has 1 aliphatic rings. The topological polar surface area (TPSA) is 57.4 Å². The lowest BCUT2D eigenvalue weighted by Gasteiger charge is -2.13. The SMILES string of the molecule is COc1ccccc1Oc1nc2c(cc1C(N)=S)CCC2. The second-order valence-electron chi connectivity index (χ2n) is 4.92. The highest BCUT2D eigenvalue weighted by Gasteiger charge is 2.19. The van der Waals surface area contributed by atoms with Crippen LogP contribution in [0.15, 0.2) is 30.3 Å². The number of rotatable bonds is 4. The lowest BCUT2D eigenvalue weighted by molar-refractivity contribution is 0.373. The molecule has 0 unspecified atom stereocenters. The molecule has 0 saturated heterocycles. The fraction of sp³-hybridized carbons (Fsp3) is 0.250. The summed E-state index contributed by atoms with van der Waals surface area (Å²) < 4.78 is 11.2. The van der Waals surface area contributed by atoms with Crippen LogP contribution in [-0.2, 0) is 12.8 Å². The lowest BCUT2D eigenvalue weighted by Crippen LogP contribution is -2.13. The van der Waals surface area contributed by atoms with Gasteiger partial charge >= 0.3 is 0 Å². The van der Waals surface area contributed by atoms with E-state index in [1.165, 1.54) is 5.56 Å². The molecule has 3 rings (SSSR count). The van der Waals surface area contributed by atoms with Crippen molar-refractivity contribution >= 4 is 17.2 Å². The number of fused-ring (bicyclic) bond motifs is 1. The lowest BCUT2D eigenvalue weighted by atomic mass is 10.1. The van der Waals surface area contributed by atoms with Crippen LogP contribution in [0.5, 0.6) is 17.4 Å². The van der Waals surface area contributed by atoms with Crippen LogP contribution < -0.4 is 15.2 Å². The molecule has 0 atom stereocenters. The quantitative estimate of drug-likeness (QED) is 0.880. The Bertz CT molecular complexity index is 701. The van der Waals surface area contributed by atoms with Crippen LogP contribution in [0.4, 0.5) is 0 Å². The predicted octanol–water partition coefficient (Wildman–Crippen LogP) is 3.01. The molecule has 108 valence electrons. The molecule has 0 saturated carbocycles. The van der Waals surface area contributed by atoms with Gasteiger partial charge in [0, 0.05) is 5.69 Å². The van der Waals surface area contributed by atoms with Gasteiger partial charge in [-0.05, 0) is 43.0 Å². The molecule has 5 heteroatoms. The number of hydrogen-bond donors (Lipinski definition) is 1. The van der Waals surface area contributed by atoms with Crippen molar-refractivity contribution in [3.05, 3.63) is 47.2 Å². The molecule has 0 fully saturated rings. The van der Waals surface area contributed by atoms with Crippen molar-refractivity contribution in [2.45, 2.75) is 19.3 Å². The molecule has 2 N–H and O–H groups in total. The van der Waals surface area contributed by atoms with E-state index in [-0.39, 0.29) is 0 Å². The van der Waals surface area contributed by atoms with Crippen LogP contribution in [0.3, 0.4) is 0 Å². The van der Waals surface area contributed by atoms with Gasteiger partial charge in [0.1, 0.15) is 4.99 Å². The van der Waals surface area contributed by atoms with Crippen LogP contribution in [0.1, 0.15) is 23.2 Å². The number of nitrogens with zero attached hydrogens (tertiary/aromatic N) is 1. The minimum atomic E-state index is 0.294. The van der Waals surface area contributed by atoms with Gasteiger partial charge in [-0.2, -0.15) is 0 Å². The van der Waals surface area contributed by atoms with Crippen molar-refractivity contribution in [1.82, 2.24) is 4.98 Å². The van der Waals surface area contributed by atoms with E-state index in [1.807, 2.05) is 30.3 Å². The summed E-state index contributed by atoms with van der Waals surface area (Å²) >= 11 is 5.12. The van der Waals surface area contributed by atoms with Crippen LogP contribution in [0.2, 0.25) is 0 Å². The van der Waals surface area contributed by atoms with E-state index in [0.717, 1.165) is 25.0 Å². The number of nitrogens with two attached hydrogens (primary N) is 1. The fourth-order valence-corrected chi connectivity index (χ4v) is 2.66. The van der Waals surface area contributed by atoms with Crippen molar-refractivity contribution in [1.29, 1.82) is 0 Å². The second-order valence-corrected chi connectivity index (χ2v) is 5.36. The van der Waals surface area contributed by atoms with E-state index >= 15 is 0 Å². The first kappa shape index (κ1) is 13.8. The molecule has 21 heavy (non-hydrogen) atoms. The maximum absolute atomic E-state index is 5.91. The first-order valence-electron chi connectivity index (χ1n) is 6.82. The van der Waals surface area contributed by atoms with E-state index in [2.05, 4.69) is 4.98 Å². The summed E-state index contributed by atoms with van der Waals surface area (Å²) in [5.74, 6) is 1.70. The molecule has 0 amide bonds. The molecule has 1 aliphatic carbocycles. The molecule has 2 aromatic rings. The summed E-state index contributed by atoms with van der Waals surface area (Å²) in [5, 5.41) is 0. The molecule has 0 radical (unpaired) electrons. The zero-order chi connectivity index (χ0) is 14.8. The monoisotopic (exact) mass is 300 g/mol. The van der Waals surface area contributed by atoms with E-state index in [9.17, 15) is 0 Å². The number of aromatic nitrogens is 1. The van der Waals surface area contributed by atoms with E-state index in [1.54, 1.807) is 7.11 Å². The smallest absolute Gasteiger partial charge is 0.229 e. The largest absolute Gasteiger partial charge is 0.493 e. The maximum Gasteiger partial charge on any atom is 0.229 e. The summed E-state index contributed by atoms with van der Waals surface area (Å²) in [6.45, 7) is 0. The van der Waals surface area contributed by atoms with Gasteiger partial charge in [0.15, 0.2) is 11.5 Å². The summed E-state index contributed by atoms with van der Waals surface area (Å²) in [5.41, 5.74) is 8.77. The first-order chi connectivity index (χ1) is 10.2. The molecule has 0 aliphatic heterocycles. The first-order valence-corrected chi connectivity index (χ1v) is 7.23. The van der Waals surface area contributed by atoms with Gasteiger partial charge in [-0.25, -0.2) is 4.98 Å². The fourth-order valence-electron chi connectivity index (χ4n) is 2.51. The summed E-state index contributed by atoms with van der Waals surface area (Å²) in [6, 6.07) is 9.44. The third-order valence-corrected chi connectivity index (χ3v) is 3.78. The Kier molecular flexibility index (Phi) is 3.75. The summed E-state index contributed by atoms with van der Waals surface area (Å²) in [7, 11) is 1.60. The van der Waals surface area contributed by atoms with Crippen LogP contribution in [0.25, 0.3) is 0 Å². The Morgan fingerprint density at radius 2 is 2.00 bits per heavy atom. The summed E-state index contributed by atoms with van der Waals surface area (Å²) in [6.07, 6.45) is 3.10. The highest BCUT2D eigenvalue weighted by atomic mass is 32.1. The Morgan fingerprint density at radius 3 is 2.71 bits per heavy atom. The van der Waals surface area contributed by atoms with Crippen LogP contribution in [-0.4, -0.2) is 17.1 Å². The Labute approximate surface area is 128 Å². The van der Waals surface area contributed by atoms with Gasteiger partial charge in [0.25, 0.3) is 0 Å². The second kappa shape index (κ2) is 5.69. The van der Waals surface area contributed by atoms with Crippen molar-refractivity contribution < 1.29 is 9.47 Å². The molecule has 0 spiro atoms. The zero-order valence-electron chi connectivity index (χ0n) is 11.8. The van der Waals surface area contributed by atoms with Crippen LogP contribution in [0, 0.1) is 0 Å². The number of hydrogen-bond acceptors (Lipinski definition) is 4. The standard InChI is InChI=1S/C16H16N2O2S/c1-19-13-7-2-3-8-14(13)20-16-11(15(17)21)9-10-5-4-6-12(10)18-16/h2-3,7-9H,4-6H2,1H3,(H2,17,21). The third kappa shape index (κ3) is 2.69. The number of para-hydroxylation sites is 2. The number of thiocarbonyl (C=S) groups is 1. The van der Waals surface area contributed by atoms with E-state index in [0.29, 0.717) is 27.9 Å². The Balaban J connectivity index is 2.03. The van der Waals surface area contributed by atoms with Gasteiger partial charge in [0.2, 0.25) is 5.88 Å². The highest BCUT2D eigenvalue weighted by Crippen LogP contribution is 2.34. The molecule has 1 aromatic carbocycles. The van der Waals surface area contributed by atoms with Crippen molar-refractivity contribution in [3.63, 3.8) is 0 Å². The molecule has 1 heterocycles. The van der Waals surface area contributed by atoms with Crippen molar-refractivity contribution in [2.24, 2.45) is 5.73 Å². The molecule has 1 aromatic heterocycles. The third-order valence-electron chi connectivity index (χ3n) is 3.56. The maximum atomic E-state index is 5.91. The zero-order valence-corrected chi connectivity index (χ0v) is 12.6. The van der Waals surface area contributed by atoms with E-state index < -0.39 is 0 Å². The van der Waals surface area contributed by atoms with Crippen molar-refractivity contribution in [2.75, 3.05) is 7.11 Å². The average Bonchev–Trinajstić information content (AvgIpc) is 2.94. The minimum Gasteiger partial charge on any atom is -0.493 e. The molecule has 0 bridgehead atoms. The van der Waals surface area contributed by atoms with Gasteiger partial charge in [-0.3, -0.25) is 0 Å². The van der Waals surface area contributed by atoms with Crippen molar-refractivity contribution in [3.8, 4) is 17.4 Å². The molecule has 4 nitrogen and oxygen atoms in total. The van der Waals surface area contributed by atoms with Gasteiger partial charge in [0.05, 0.1) is 12.7 Å². The van der Waals surface area contributed by atoms with Gasteiger partial charge < -0.3 is 15.2 Å². The summed E-state index contributed by atoms with van der Waals surface area (Å²) in [4.78, 5) is 4.89. The van der Waals surface area contributed by atoms with Gasteiger partial charge in [-0.1, -0.05) is 24.4 Å². The average molecular weight is 300 g/mol. The molecular weight excluding hydrogens is 284 g/mol. The number of benzene rings is 1. The predicted molar refractivity (Wildman–Crippen MR) is 85.2 cm³/mol. The van der Waals surface area contributed by atoms with Gasteiger partial charge in [-0.15, -0.1) is 0 Å². The number of methoxy groups -OCH3 is 1. The molecular formula is C16H16N2O2S. The van der Waals surface area contributed by atoms with Crippen LogP contribution >= 0.6 is 12.2 Å². The highest BCUT2D eigenvalue weighted by molar-refractivity contribution is 7.80. The number of pyridine rings is 1. The Hall–Kier alpha value is -2.14. The Morgan fingerprint density at radius 1 is 1.24 bits per heavy atom. The minimum absolute atomic E-state index is 0.294. The number of aryl methyl sites for hydroxylation is 2. The normalized spacial score (nSPS) is 12.8.